The lowest BCUT2D eigenvalue weighted by Gasteiger charge is -2.37. The SMILES string of the molecule is CN=C(NCC1(C)CCCC1)N1CCN(C(=O)c2ccco2)CC1. The van der Waals surface area contributed by atoms with E-state index in [1.807, 2.05) is 11.9 Å². The average molecular weight is 332 g/mol. The zero-order valence-electron chi connectivity index (χ0n) is 14.8. The highest BCUT2D eigenvalue weighted by molar-refractivity contribution is 5.91. The van der Waals surface area contributed by atoms with Crippen molar-refractivity contribution in [1.82, 2.24) is 15.1 Å². The fourth-order valence-corrected chi connectivity index (χ4v) is 3.71. The molecule has 132 valence electrons. The van der Waals surface area contributed by atoms with Crippen LogP contribution in [0.4, 0.5) is 0 Å². The van der Waals surface area contributed by atoms with Crippen molar-refractivity contribution in [2.45, 2.75) is 32.6 Å². The molecule has 1 amide bonds. The Bertz CT molecular complexity index is 568. The van der Waals surface area contributed by atoms with Crippen molar-refractivity contribution in [3.05, 3.63) is 24.2 Å². The second-order valence-corrected chi connectivity index (χ2v) is 7.18. The molecule has 2 aliphatic rings. The van der Waals surface area contributed by atoms with Gasteiger partial charge in [0.05, 0.1) is 6.26 Å². The highest BCUT2D eigenvalue weighted by atomic mass is 16.3. The van der Waals surface area contributed by atoms with Crippen LogP contribution in [-0.4, -0.2) is 61.4 Å². The Morgan fingerprint density at radius 3 is 2.50 bits per heavy atom. The monoisotopic (exact) mass is 332 g/mol. The molecule has 0 radical (unpaired) electrons. The van der Waals surface area contributed by atoms with Crippen LogP contribution >= 0.6 is 0 Å². The van der Waals surface area contributed by atoms with Crippen LogP contribution in [0, 0.1) is 5.41 Å². The summed E-state index contributed by atoms with van der Waals surface area (Å²) in [5.41, 5.74) is 0.396. The maximum Gasteiger partial charge on any atom is 0.289 e. The van der Waals surface area contributed by atoms with E-state index in [-0.39, 0.29) is 5.91 Å². The highest BCUT2D eigenvalue weighted by Gasteiger charge is 2.30. The number of nitrogens with one attached hydrogen (secondary N) is 1. The maximum atomic E-state index is 12.3. The molecule has 1 aromatic heterocycles. The third kappa shape index (κ3) is 3.74. The van der Waals surface area contributed by atoms with Crippen LogP contribution in [0.25, 0.3) is 0 Å². The van der Waals surface area contributed by atoms with Gasteiger partial charge in [-0.2, -0.15) is 0 Å². The Morgan fingerprint density at radius 1 is 1.25 bits per heavy atom. The summed E-state index contributed by atoms with van der Waals surface area (Å²) >= 11 is 0. The Labute approximate surface area is 143 Å². The Morgan fingerprint density at radius 2 is 1.92 bits per heavy atom. The third-order valence-electron chi connectivity index (χ3n) is 5.29. The fourth-order valence-electron chi connectivity index (χ4n) is 3.71. The minimum absolute atomic E-state index is 0.0268. The number of nitrogens with zero attached hydrogens (tertiary/aromatic N) is 3. The molecule has 0 bridgehead atoms. The molecule has 1 aliphatic carbocycles. The van der Waals surface area contributed by atoms with E-state index >= 15 is 0 Å². The van der Waals surface area contributed by atoms with E-state index in [0.29, 0.717) is 24.3 Å². The molecule has 2 heterocycles. The number of aliphatic imine (C=N–C) groups is 1. The second kappa shape index (κ2) is 7.28. The van der Waals surface area contributed by atoms with Gasteiger partial charge in [0.15, 0.2) is 11.7 Å². The molecule has 0 aromatic carbocycles. The molecule has 0 unspecified atom stereocenters. The molecule has 3 rings (SSSR count). The van der Waals surface area contributed by atoms with E-state index in [4.69, 9.17) is 4.42 Å². The van der Waals surface area contributed by atoms with E-state index in [1.165, 1.54) is 25.7 Å². The molecule has 6 heteroatoms. The van der Waals surface area contributed by atoms with Crippen molar-refractivity contribution in [3.8, 4) is 0 Å². The minimum atomic E-state index is -0.0268. The maximum absolute atomic E-state index is 12.3. The van der Waals surface area contributed by atoms with Crippen molar-refractivity contribution in [2.24, 2.45) is 10.4 Å². The molecule has 0 atom stereocenters. The van der Waals surface area contributed by atoms with Gasteiger partial charge in [-0.15, -0.1) is 0 Å². The second-order valence-electron chi connectivity index (χ2n) is 7.18. The third-order valence-corrected chi connectivity index (χ3v) is 5.29. The van der Waals surface area contributed by atoms with Gasteiger partial charge in [-0.25, -0.2) is 0 Å². The number of carbonyl (C=O) groups is 1. The lowest BCUT2D eigenvalue weighted by molar-refractivity contribution is 0.0657. The van der Waals surface area contributed by atoms with Crippen molar-refractivity contribution >= 4 is 11.9 Å². The summed E-state index contributed by atoms with van der Waals surface area (Å²) in [4.78, 5) is 20.8. The van der Waals surface area contributed by atoms with Crippen molar-refractivity contribution in [2.75, 3.05) is 39.8 Å². The van der Waals surface area contributed by atoms with Crippen LogP contribution in [0.15, 0.2) is 27.8 Å². The fraction of sp³-hybridized carbons (Fsp3) is 0.667. The predicted octanol–water partition coefficient (Wildman–Crippen LogP) is 2.19. The molecule has 0 spiro atoms. The molecular formula is C18H28N4O2. The summed E-state index contributed by atoms with van der Waals surface area (Å²) in [6, 6.07) is 3.47. The number of hydrogen-bond donors (Lipinski definition) is 1. The molecular weight excluding hydrogens is 304 g/mol. The van der Waals surface area contributed by atoms with Gasteiger partial charge in [0, 0.05) is 39.8 Å². The van der Waals surface area contributed by atoms with Crippen molar-refractivity contribution < 1.29 is 9.21 Å². The van der Waals surface area contributed by atoms with Gasteiger partial charge in [0.2, 0.25) is 0 Å². The van der Waals surface area contributed by atoms with Crippen LogP contribution in [0.2, 0.25) is 0 Å². The molecule has 1 aliphatic heterocycles. The van der Waals surface area contributed by atoms with E-state index in [1.54, 1.807) is 18.4 Å². The lowest BCUT2D eigenvalue weighted by atomic mass is 9.89. The van der Waals surface area contributed by atoms with Crippen LogP contribution in [0.5, 0.6) is 0 Å². The van der Waals surface area contributed by atoms with Crippen LogP contribution in [0.3, 0.4) is 0 Å². The zero-order valence-corrected chi connectivity index (χ0v) is 14.8. The molecule has 6 nitrogen and oxygen atoms in total. The largest absolute Gasteiger partial charge is 0.459 e. The number of carbonyl (C=O) groups excluding carboxylic acids is 1. The predicted molar refractivity (Wildman–Crippen MR) is 94.1 cm³/mol. The summed E-state index contributed by atoms with van der Waals surface area (Å²) in [6.45, 7) is 6.31. The smallest absolute Gasteiger partial charge is 0.289 e. The minimum Gasteiger partial charge on any atom is -0.459 e. The topological polar surface area (TPSA) is 61.1 Å². The molecule has 1 aromatic rings. The Balaban J connectivity index is 1.50. The van der Waals surface area contributed by atoms with Gasteiger partial charge in [0.1, 0.15) is 0 Å². The quantitative estimate of drug-likeness (QED) is 0.681. The number of piperazine rings is 1. The lowest BCUT2D eigenvalue weighted by Crippen LogP contribution is -2.54. The molecule has 1 saturated heterocycles. The molecule has 1 N–H and O–H groups in total. The molecule has 2 fully saturated rings. The summed E-state index contributed by atoms with van der Waals surface area (Å²) in [5.74, 6) is 1.34. The first kappa shape index (κ1) is 16.9. The molecule has 1 saturated carbocycles. The summed E-state index contributed by atoms with van der Waals surface area (Å²) in [7, 11) is 1.83. The summed E-state index contributed by atoms with van der Waals surface area (Å²) < 4.78 is 5.21. The van der Waals surface area contributed by atoms with Gasteiger partial charge in [-0.3, -0.25) is 9.79 Å². The molecule has 24 heavy (non-hydrogen) atoms. The van der Waals surface area contributed by atoms with Gasteiger partial charge < -0.3 is 19.5 Å². The van der Waals surface area contributed by atoms with Crippen LogP contribution < -0.4 is 5.32 Å². The summed E-state index contributed by atoms with van der Waals surface area (Å²) in [6.07, 6.45) is 6.80. The van der Waals surface area contributed by atoms with Gasteiger partial charge >= 0.3 is 0 Å². The number of amides is 1. The number of rotatable bonds is 3. The first-order valence-electron chi connectivity index (χ1n) is 8.90. The van der Waals surface area contributed by atoms with Gasteiger partial charge in [0.25, 0.3) is 5.91 Å². The van der Waals surface area contributed by atoms with Gasteiger partial charge in [-0.1, -0.05) is 19.8 Å². The average Bonchev–Trinajstić information content (AvgIpc) is 3.27. The number of hydrogen-bond acceptors (Lipinski definition) is 3. The number of guanidine groups is 1. The summed E-state index contributed by atoms with van der Waals surface area (Å²) in [5, 5.41) is 3.55. The van der Waals surface area contributed by atoms with Crippen LogP contribution in [0.1, 0.15) is 43.2 Å². The zero-order chi connectivity index (χ0) is 17.0. The first-order chi connectivity index (χ1) is 11.6. The van der Waals surface area contributed by atoms with E-state index < -0.39 is 0 Å². The normalized spacial score (nSPS) is 21.2. The van der Waals surface area contributed by atoms with Gasteiger partial charge in [-0.05, 0) is 30.4 Å². The van der Waals surface area contributed by atoms with E-state index in [0.717, 1.165) is 25.6 Å². The highest BCUT2D eigenvalue weighted by Crippen LogP contribution is 2.36. The van der Waals surface area contributed by atoms with E-state index in [2.05, 4.69) is 22.1 Å². The standard InChI is InChI=1S/C18H28N4O2/c1-18(7-3-4-8-18)14-20-17(19-2)22-11-9-21(10-12-22)16(23)15-6-5-13-24-15/h5-6,13H,3-4,7-12,14H2,1-2H3,(H,19,20). The number of furan rings is 1. The van der Waals surface area contributed by atoms with Crippen molar-refractivity contribution in [3.63, 3.8) is 0 Å². The Kier molecular flexibility index (Phi) is 5.11. The van der Waals surface area contributed by atoms with E-state index in [9.17, 15) is 4.79 Å². The van der Waals surface area contributed by atoms with Crippen LogP contribution in [-0.2, 0) is 0 Å². The first-order valence-corrected chi connectivity index (χ1v) is 8.90. The Hall–Kier alpha value is -1.98. The van der Waals surface area contributed by atoms with Crippen molar-refractivity contribution in [1.29, 1.82) is 0 Å².